The van der Waals surface area contributed by atoms with E-state index in [1.165, 1.54) is 0 Å². The van der Waals surface area contributed by atoms with Gasteiger partial charge in [-0.25, -0.2) is 0 Å². The molecule has 0 aromatic carbocycles. The average Bonchev–Trinajstić information content (AvgIpc) is 2.47. The van der Waals surface area contributed by atoms with E-state index >= 15 is 0 Å². The largest absolute Gasteiger partial charge is 0.393 e. The summed E-state index contributed by atoms with van der Waals surface area (Å²) in [4.78, 5) is 0. The van der Waals surface area contributed by atoms with Crippen LogP contribution in [0, 0.1) is 58.2 Å². The second-order valence-electron chi connectivity index (χ2n) is 12.7. The van der Waals surface area contributed by atoms with E-state index in [4.69, 9.17) is 0 Å². The van der Waals surface area contributed by atoms with Crippen molar-refractivity contribution in [1.29, 1.82) is 0 Å². The molecule has 160 valence electrons. The SMILES string of the molecule is CC1CC(CC2CC(C)C(C)C(C(C)(C)C)C2O)C(O)C(C(C)(C)C)C1C. The summed E-state index contributed by atoms with van der Waals surface area (Å²) in [5.74, 6) is 3.69. The van der Waals surface area contributed by atoms with Gasteiger partial charge in [0.1, 0.15) is 0 Å². The number of aliphatic hydroxyl groups is 2. The normalized spacial score (nSPS) is 47.1. The van der Waals surface area contributed by atoms with Crippen LogP contribution >= 0.6 is 0 Å². The quantitative estimate of drug-likeness (QED) is 0.616. The Hall–Kier alpha value is -0.0800. The molecule has 10 unspecified atom stereocenters. The second kappa shape index (κ2) is 7.98. The maximum Gasteiger partial charge on any atom is 0.0604 e. The zero-order valence-corrected chi connectivity index (χ0v) is 19.8. The van der Waals surface area contributed by atoms with Crippen LogP contribution in [0.15, 0.2) is 0 Å². The highest BCUT2D eigenvalue weighted by Gasteiger charge is 2.49. The first-order chi connectivity index (χ1) is 12.2. The molecule has 2 rings (SSSR count). The predicted molar refractivity (Wildman–Crippen MR) is 115 cm³/mol. The Labute approximate surface area is 169 Å². The topological polar surface area (TPSA) is 40.5 Å². The van der Waals surface area contributed by atoms with Gasteiger partial charge in [-0.15, -0.1) is 0 Å². The lowest BCUT2D eigenvalue weighted by Crippen LogP contribution is -2.51. The number of hydrogen-bond acceptors (Lipinski definition) is 2. The van der Waals surface area contributed by atoms with E-state index < -0.39 is 0 Å². The molecule has 0 heterocycles. The van der Waals surface area contributed by atoms with Crippen molar-refractivity contribution in [3.05, 3.63) is 0 Å². The van der Waals surface area contributed by atoms with Crippen molar-refractivity contribution in [2.75, 3.05) is 0 Å². The molecule has 27 heavy (non-hydrogen) atoms. The lowest BCUT2D eigenvalue weighted by Gasteiger charge is -2.52. The van der Waals surface area contributed by atoms with Crippen molar-refractivity contribution in [2.24, 2.45) is 58.2 Å². The van der Waals surface area contributed by atoms with E-state index in [2.05, 4.69) is 69.2 Å². The Morgan fingerprint density at radius 3 is 1.19 bits per heavy atom. The molecular weight excluding hydrogens is 332 g/mol. The summed E-state index contributed by atoms with van der Waals surface area (Å²) in [7, 11) is 0. The summed E-state index contributed by atoms with van der Waals surface area (Å²) < 4.78 is 0. The molecule has 2 aliphatic rings. The zero-order chi connectivity index (χ0) is 20.9. The van der Waals surface area contributed by atoms with Crippen molar-refractivity contribution in [3.8, 4) is 0 Å². The van der Waals surface area contributed by atoms with Gasteiger partial charge < -0.3 is 10.2 Å². The standard InChI is InChI=1S/C25H48O2/c1-14-11-18(22(26)20(16(14)3)24(5,6)7)13-19-12-15(2)17(4)21(23(19)27)25(8,9)10/h14-23,26-27H,11-13H2,1-10H3. The Morgan fingerprint density at radius 1 is 0.630 bits per heavy atom. The maximum absolute atomic E-state index is 11.3. The van der Waals surface area contributed by atoms with Crippen molar-refractivity contribution in [3.63, 3.8) is 0 Å². The van der Waals surface area contributed by atoms with Gasteiger partial charge in [-0.2, -0.15) is 0 Å². The van der Waals surface area contributed by atoms with Crippen LogP contribution in [0.4, 0.5) is 0 Å². The second-order valence-corrected chi connectivity index (χ2v) is 12.7. The summed E-state index contributed by atoms with van der Waals surface area (Å²) in [6.07, 6.45) is 2.69. The predicted octanol–water partition coefficient (Wildman–Crippen LogP) is 6.01. The molecule has 0 amide bonds. The fourth-order valence-corrected chi connectivity index (χ4v) is 7.04. The van der Waals surface area contributed by atoms with Crippen molar-refractivity contribution < 1.29 is 10.2 Å². The van der Waals surface area contributed by atoms with Gasteiger partial charge in [-0.3, -0.25) is 0 Å². The summed E-state index contributed by atoms with van der Waals surface area (Å²) in [5.41, 5.74) is 0.236. The van der Waals surface area contributed by atoms with Gasteiger partial charge in [-0.1, -0.05) is 69.2 Å². The van der Waals surface area contributed by atoms with Crippen LogP contribution in [0.5, 0.6) is 0 Å². The van der Waals surface area contributed by atoms with Gasteiger partial charge in [0.15, 0.2) is 0 Å². The molecule has 0 aliphatic heterocycles. The van der Waals surface area contributed by atoms with Gasteiger partial charge in [0.25, 0.3) is 0 Å². The summed E-state index contributed by atoms with van der Waals surface area (Å²) in [6.45, 7) is 23.1. The van der Waals surface area contributed by atoms with Gasteiger partial charge in [0.2, 0.25) is 0 Å². The van der Waals surface area contributed by atoms with Crippen LogP contribution in [-0.4, -0.2) is 22.4 Å². The molecule has 10 atom stereocenters. The van der Waals surface area contributed by atoms with Crippen LogP contribution < -0.4 is 0 Å². The van der Waals surface area contributed by atoms with E-state index in [0.29, 0.717) is 47.3 Å². The van der Waals surface area contributed by atoms with Crippen LogP contribution in [0.3, 0.4) is 0 Å². The number of aliphatic hydroxyl groups excluding tert-OH is 2. The molecule has 0 aromatic heterocycles. The third-order valence-electron chi connectivity index (χ3n) is 8.58. The lowest BCUT2D eigenvalue weighted by atomic mass is 9.55. The summed E-state index contributed by atoms with van der Waals surface area (Å²) in [5, 5.41) is 22.7. The molecule has 2 aliphatic carbocycles. The third-order valence-corrected chi connectivity index (χ3v) is 8.58. The minimum Gasteiger partial charge on any atom is -0.393 e. The Morgan fingerprint density at radius 2 is 0.926 bits per heavy atom. The fourth-order valence-electron chi connectivity index (χ4n) is 7.04. The number of rotatable bonds is 2. The van der Waals surface area contributed by atoms with Crippen molar-refractivity contribution in [2.45, 2.75) is 101 Å². The highest BCUT2D eigenvalue weighted by Crippen LogP contribution is 2.52. The Bertz CT molecular complexity index is 442. The van der Waals surface area contributed by atoms with Gasteiger partial charge in [0, 0.05) is 0 Å². The molecule has 0 radical (unpaired) electrons. The van der Waals surface area contributed by atoms with E-state index in [-0.39, 0.29) is 23.0 Å². The molecule has 2 fully saturated rings. The third kappa shape index (κ3) is 4.74. The fraction of sp³-hybridized carbons (Fsp3) is 1.00. The first kappa shape index (κ1) is 23.2. The van der Waals surface area contributed by atoms with E-state index in [1.54, 1.807) is 0 Å². The molecule has 2 nitrogen and oxygen atoms in total. The average molecular weight is 381 g/mol. The molecule has 0 aromatic rings. The molecule has 0 saturated heterocycles. The minimum absolute atomic E-state index is 0.118. The summed E-state index contributed by atoms with van der Waals surface area (Å²) >= 11 is 0. The van der Waals surface area contributed by atoms with E-state index in [0.717, 1.165) is 19.3 Å². The monoisotopic (exact) mass is 380 g/mol. The van der Waals surface area contributed by atoms with Crippen LogP contribution in [-0.2, 0) is 0 Å². The minimum atomic E-state index is -0.244. The van der Waals surface area contributed by atoms with E-state index in [9.17, 15) is 10.2 Å². The molecular formula is C25H48O2. The highest BCUT2D eigenvalue weighted by molar-refractivity contribution is 4.99. The maximum atomic E-state index is 11.3. The van der Waals surface area contributed by atoms with Gasteiger partial charge in [0.05, 0.1) is 12.2 Å². The summed E-state index contributed by atoms with van der Waals surface area (Å²) in [6, 6.07) is 0. The molecule has 2 saturated carbocycles. The number of hydrogen-bond donors (Lipinski definition) is 2. The van der Waals surface area contributed by atoms with Crippen LogP contribution in [0.25, 0.3) is 0 Å². The van der Waals surface area contributed by atoms with E-state index in [1.807, 2.05) is 0 Å². The lowest BCUT2D eigenvalue weighted by molar-refractivity contribution is -0.115. The Kier molecular flexibility index (Phi) is 6.85. The van der Waals surface area contributed by atoms with Crippen LogP contribution in [0.2, 0.25) is 0 Å². The van der Waals surface area contributed by atoms with Crippen molar-refractivity contribution in [1.82, 2.24) is 0 Å². The first-order valence-corrected chi connectivity index (χ1v) is 11.5. The van der Waals surface area contributed by atoms with Gasteiger partial charge >= 0.3 is 0 Å². The van der Waals surface area contributed by atoms with Gasteiger partial charge in [-0.05, 0) is 77.4 Å². The first-order valence-electron chi connectivity index (χ1n) is 11.5. The smallest absolute Gasteiger partial charge is 0.0604 e. The molecule has 0 bridgehead atoms. The molecule has 0 spiro atoms. The Balaban J connectivity index is 2.21. The van der Waals surface area contributed by atoms with Crippen LogP contribution in [0.1, 0.15) is 88.5 Å². The zero-order valence-electron chi connectivity index (χ0n) is 19.8. The highest BCUT2D eigenvalue weighted by atomic mass is 16.3. The molecule has 2 heteroatoms. The molecule has 2 N–H and O–H groups in total. The van der Waals surface area contributed by atoms with Crippen molar-refractivity contribution >= 4 is 0 Å².